The van der Waals surface area contributed by atoms with Crippen molar-refractivity contribution in [1.29, 1.82) is 0 Å². The molecule has 7 heteroatoms. The Hall–Kier alpha value is -1.05. The van der Waals surface area contributed by atoms with Crippen LogP contribution in [0.4, 0.5) is 0 Å². The van der Waals surface area contributed by atoms with Crippen LogP contribution in [0.1, 0.15) is 60.8 Å². The fourth-order valence-electron chi connectivity index (χ4n) is 2.46. The normalized spacial score (nSPS) is 22.5. The van der Waals surface area contributed by atoms with Gasteiger partial charge in [-0.05, 0) is 43.1 Å². The number of carbonyl (C=O) groups is 1. The van der Waals surface area contributed by atoms with Crippen LogP contribution in [0.3, 0.4) is 0 Å². The van der Waals surface area contributed by atoms with Gasteiger partial charge >= 0.3 is 0 Å². The van der Waals surface area contributed by atoms with E-state index in [4.69, 9.17) is 10.5 Å². The van der Waals surface area contributed by atoms with Crippen molar-refractivity contribution in [3.63, 3.8) is 0 Å². The number of hydrogen-bond donors (Lipinski definition) is 2. The van der Waals surface area contributed by atoms with Crippen LogP contribution < -0.4 is 11.1 Å². The highest BCUT2D eigenvalue weighted by Crippen LogP contribution is 2.20. The molecule has 1 aromatic heterocycles. The van der Waals surface area contributed by atoms with E-state index in [2.05, 4.69) is 14.9 Å². The molecular formula is C14H24N4O2S. The molecule has 0 bridgehead atoms. The Balaban J connectivity index is 1.68. The first-order valence-corrected chi connectivity index (χ1v) is 8.33. The minimum absolute atomic E-state index is 0.108. The van der Waals surface area contributed by atoms with Crippen LogP contribution in [-0.2, 0) is 4.74 Å². The zero-order valence-electron chi connectivity index (χ0n) is 12.7. The van der Waals surface area contributed by atoms with Gasteiger partial charge in [-0.15, -0.1) is 5.10 Å². The Labute approximate surface area is 129 Å². The largest absolute Gasteiger partial charge is 0.376 e. The summed E-state index contributed by atoms with van der Waals surface area (Å²) >= 11 is 1.14. The molecule has 0 saturated heterocycles. The molecule has 0 unspecified atom stereocenters. The molecule has 21 heavy (non-hydrogen) atoms. The van der Waals surface area contributed by atoms with Gasteiger partial charge in [0.1, 0.15) is 4.88 Å². The van der Waals surface area contributed by atoms with Crippen molar-refractivity contribution < 1.29 is 9.53 Å². The Kier molecular flexibility index (Phi) is 6.08. The quantitative estimate of drug-likeness (QED) is 0.780. The Morgan fingerprint density at radius 2 is 2.14 bits per heavy atom. The molecule has 118 valence electrons. The Morgan fingerprint density at radius 1 is 1.43 bits per heavy atom. The van der Waals surface area contributed by atoms with Gasteiger partial charge in [0, 0.05) is 12.6 Å². The third-order valence-corrected chi connectivity index (χ3v) is 4.47. The smallest absolute Gasteiger partial charge is 0.265 e. The first-order valence-electron chi connectivity index (χ1n) is 7.55. The first kappa shape index (κ1) is 16.3. The lowest BCUT2D eigenvalue weighted by Crippen LogP contribution is -2.33. The zero-order chi connectivity index (χ0) is 15.2. The average molecular weight is 312 g/mol. The molecule has 1 aliphatic carbocycles. The molecule has 1 fully saturated rings. The molecule has 0 aromatic carbocycles. The number of nitrogens with one attached hydrogen (secondary N) is 1. The summed E-state index contributed by atoms with van der Waals surface area (Å²) < 4.78 is 9.64. The molecule has 2 rings (SSSR count). The van der Waals surface area contributed by atoms with Gasteiger partial charge in [0.25, 0.3) is 5.91 Å². The van der Waals surface area contributed by atoms with E-state index in [0.29, 0.717) is 24.1 Å². The van der Waals surface area contributed by atoms with Crippen LogP contribution in [-0.4, -0.2) is 40.8 Å². The van der Waals surface area contributed by atoms with E-state index in [1.807, 2.05) is 13.8 Å². The number of aromatic nitrogens is 2. The Morgan fingerprint density at radius 3 is 2.81 bits per heavy atom. The number of hydrogen-bond acceptors (Lipinski definition) is 6. The van der Waals surface area contributed by atoms with E-state index in [0.717, 1.165) is 42.9 Å². The summed E-state index contributed by atoms with van der Waals surface area (Å²) in [6.07, 6.45) is 4.39. The SMILES string of the molecule is CC(C)c1nnsc1C(=O)NCCOC1CCC(N)CC1. The second kappa shape index (κ2) is 7.82. The summed E-state index contributed by atoms with van der Waals surface area (Å²) in [6.45, 7) is 5.06. The molecule has 0 aliphatic heterocycles. The molecule has 1 amide bonds. The predicted octanol–water partition coefficient (Wildman–Crippen LogP) is 1.68. The van der Waals surface area contributed by atoms with Crippen LogP contribution in [0, 0.1) is 0 Å². The minimum atomic E-state index is -0.108. The van der Waals surface area contributed by atoms with Crippen LogP contribution >= 0.6 is 11.5 Å². The van der Waals surface area contributed by atoms with Gasteiger partial charge in [-0.1, -0.05) is 18.3 Å². The topological polar surface area (TPSA) is 90.1 Å². The lowest BCUT2D eigenvalue weighted by molar-refractivity contribution is 0.0268. The van der Waals surface area contributed by atoms with Crippen molar-refractivity contribution in [3.8, 4) is 0 Å². The number of ether oxygens (including phenoxy) is 1. The number of amides is 1. The van der Waals surface area contributed by atoms with Gasteiger partial charge < -0.3 is 15.8 Å². The maximum Gasteiger partial charge on any atom is 0.265 e. The van der Waals surface area contributed by atoms with Crippen LogP contribution in [0.5, 0.6) is 0 Å². The summed E-state index contributed by atoms with van der Waals surface area (Å²) in [4.78, 5) is 12.7. The summed E-state index contributed by atoms with van der Waals surface area (Å²) in [5.41, 5.74) is 6.62. The third-order valence-electron chi connectivity index (χ3n) is 3.73. The number of rotatable bonds is 6. The predicted molar refractivity (Wildman–Crippen MR) is 82.5 cm³/mol. The van der Waals surface area contributed by atoms with Crippen molar-refractivity contribution in [1.82, 2.24) is 14.9 Å². The Bertz CT molecular complexity index is 456. The second-order valence-electron chi connectivity index (χ2n) is 5.81. The van der Waals surface area contributed by atoms with E-state index in [1.54, 1.807) is 0 Å². The molecule has 1 saturated carbocycles. The highest BCUT2D eigenvalue weighted by molar-refractivity contribution is 7.08. The van der Waals surface area contributed by atoms with Crippen molar-refractivity contribution in [2.24, 2.45) is 5.73 Å². The van der Waals surface area contributed by atoms with Gasteiger partial charge in [-0.2, -0.15) is 0 Å². The van der Waals surface area contributed by atoms with Crippen LogP contribution in [0.25, 0.3) is 0 Å². The maximum absolute atomic E-state index is 12.1. The van der Waals surface area contributed by atoms with Gasteiger partial charge in [0.15, 0.2) is 0 Å². The highest BCUT2D eigenvalue weighted by atomic mass is 32.1. The van der Waals surface area contributed by atoms with E-state index in [-0.39, 0.29) is 17.9 Å². The van der Waals surface area contributed by atoms with Gasteiger partial charge in [-0.3, -0.25) is 4.79 Å². The number of nitrogens with two attached hydrogens (primary N) is 1. The lowest BCUT2D eigenvalue weighted by atomic mass is 9.94. The van der Waals surface area contributed by atoms with E-state index < -0.39 is 0 Å². The number of carbonyl (C=O) groups excluding carboxylic acids is 1. The van der Waals surface area contributed by atoms with Gasteiger partial charge in [0.2, 0.25) is 0 Å². The molecule has 1 heterocycles. The molecule has 0 spiro atoms. The highest BCUT2D eigenvalue weighted by Gasteiger charge is 2.20. The van der Waals surface area contributed by atoms with Crippen molar-refractivity contribution in [2.75, 3.05) is 13.2 Å². The summed E-state index contributed by atoms with van der Waals surface area (Å²) in [7, 11) is 0. The molecular weight excluding hydrogens is 288 g/mol. The van der Waals surface area contributed by atoms with Crippen LogP contribution in [0.15, 0.2) is 0 Å². The molecule has 0 atom stereocenters. The molecule has 1 aliphatic rings. The second-order valence-corrected chi connectivity index (χ2v) is 6.56. The van der Waals surface area contributed by atoms with E-state index in [9.17, 15) is 4.79 Å². The first-order chi connectivity index (χ1) is 10.1. The van der Waals surface area contributed by atoms with Gasteiger partial charge in [0.05, 0.1) is 18.4 Å². The minimum Gasteiger partial charge on any atom is -0.376 e. The standard InChI is InChI=1S/C14H24N4O2S/c1-9(2)12-13(21-18-17-12)14(19)16-7-8-20-11-5-3-10(15)4-6-11/h9-11H,3-8,15H2,1-2H3,(H,16,19). The van der Waals surface area contributed by atoms with Crippen molar-refractivity contribution in [2.45, 2.75) is 57.6 Å². The van der Waals surface area contributed by atoms with Crippen LogP contribution in [0.2, 0.25) is 0 Å². The van der Waals surface area contributed by atoms with E-state index >= 15 is 0 Å². The van der Waals surface area contributed by atoms with Gasteiger partial charge in [-0.25, -0.2) is 0 Å². The summed E-state index contributed by atoms with van der Waals surface area (Å²) in [5.74, 6) is 0.0927. The zero-order valence-corrected chi connectivity index (χ0v) is 13.5. The monoisotopic (exact) mass is 312 g/mol. The van der Waals surface area contributed by atoms with Crippen molar-refractivity contribution in [3.05, 3.63) is 10.6 Å². The number of nitrogens with zero attached hydrogens (tertiary/aromatic N) is 2. The lowest BCUT2D eigenvalue weighted by Gasteiger charge is -2.26. The fraction of sp³-hybridized carbons (Fsp3) is 0.786. The molecule has 0 radical (unpaired) electrons. The fourth-order valence-corrected chi connectivity index (χ4v) is 3.19. The average Bonchev–Trinajstić information content (AvgIpc) is 2.95. The molecule has 6 nitrogen and oxygen atoms in total. The third kappa shape index (κ3) is 4.72. The summed E-state index contributed by atoms with van der Waals surface area (Å²) in [6, 6.07) is 0.331. The summed E-state index contributed by atoms with van der Waals surface area (Å²) in [5, 5.41) is 6.88. The molecule has 3 N–H and O–H groups in total. The molecule has 1 aromatic rings. The van der Waals surface area contributed by atoms with Crippen molar-refractivity contribution >= 4 is 17.4 Å². The van der Waals surface area contributed by atoms with E-state index in [1.165, 1.54) is 0 Å². The maximum atomic E-state index is 12.1.